The number of nitrogens with zero attached hydrogens (tertiary/aromatic N) is 2. The third kappa shape index (κ3) is 4.30. The zero-order valence-corrected chi connectivity index (χ0v) is 17.6. The topological polar surface area (TPSA) is 48.9 Å². The fourth-order valence-corrected chi connectivity index (χ4v) is 4.33. The summed E-state index contributed by atoms with van der Waals surface area (Å²) < 4.78 is 5.74. The van der Waals surface area contributed by atoms with Gasteiger partial charge < -0.3 is 15.4 Å². The van der Waals surface area contributed by atoms with Gasteiger partial charge in [-0.05, 0) is 31.7 Å². The van der Waals surface area contributed by atoms with Crippen molar-refractivity contribution in [2.45, 2.75) is 64.3 Å². The molecule has 0 amide bonds. The number of nitrogens with one attached hydrogen (secondary N) is 2. The molecule has 2 N–H and O–H groups in total. The second-order valence-electron chi connectivity index (χ2n) is 8.81. The number of guanidine groups is 1. The molecule has 0 radical (unpaired) electrons. The number of methoxy groups -OCH3 is 1. The monoisotopic (exact) mass is 372 g/mol. The Hall–Kier alpha value is -1.59. The highest BCUT2D eigenvalue weighted by Crippen LogP contribution is 2.51. The predicted molar refractivity (Wildman–Crippen MR) is 112 cm³/mol. The van der Waals surface area contributed by atoms with Gasteiger partial charge in [-0.25, -0.2) is 0 Å². The van der Waals surface area contributed by atoms with Gasteiger partial charge in [-0.1, -0.05) is 44.2 Å². The van der Waals surface area contributed by atoms with Crippen molar-refractivity contribution in [2.24, 2.45) is 10.4 Å². The molecule has 150 valence electrons. The molecule has 2 aliphatic rings. The van der Waals surface area contributed by atoms with E-state index in [2.05, 4.69) is 71.6 Å². The van der Waals surface area contributed by atoms with E-state index in [4.69, 9.17) is 4.74 Å². The van der Waals surface area contributed by atoms with Crippen LogP contribution in [0.3, 0.4) is 0 Å². The highest BCUT2D eigenvalue weighted by Gasteiger charge is 2.58. The summed E-state index contributed by atoms with van der Waals surface area (Å²) in [7, 11) is 3.68. The van der Waals surface area contributed by atoms with Crippen LogP contribution in [0.5, 0.6) is 0 Å². The number of ether oxygens (including phenoxy) is 1. The third-order valence-corrected chi connectivity index (χ3v) is 6.99. The van der Waals surface area contributed by atoms with Crippen molar-refractivity contribution in [1.29, 1.82) is 0 Å². The van der Waals surface area contributed by atoms with Crippen molar-refractivity contribution >= 4 is 5.96 Å². The molecule has 3 rings (SSSR count). The van der Waals surface area contributed by atoms with E-state index in [1.807, 2.05) is 14.2 Å². The molecule has 1 aromatic carbocycles. The lowest BCUT2D eigenvalue weighted by Crippen LogP contribution is -2.69. The van der Waals surface area contributed by atoms with Crippen LogP contribution in [0.2, 0.25) is 0 Å². The highest BCUT2D eigenvalue weighted by molar-refractivity contribution is 5.80. The number of rotatable bonds is 5. The Morgan fingerprint density at radius 2 is 1.81 bits per heavy atom. The molecular weight excluding hydrogens is 336 g/mol. The van der Waals surface area contributed by atoms with Crippen LogP contribution in [-0.4, -0.2) is 55.8 Å². The standard InChI is InChI=1S/C22H36N4O/c1-21(2)19(15-22(21,3)27-5)25-20(23-4)24-18-11-13-26(14-12-18)16-17-9-7-6-8-10-17/h6-10,18-19H,11-16H2,1-5H3,(H2,23,24,25). The van der Waals surface area contributed by atoms with E-state index in [1.165, 1.54) is 5.56 Å². The third-order valence-electron chi connectivity index (χ3n) is 6.99. The van der Waals surface area contributed by atoms with Crippen LogP contribution >= 0.6 is 0 Å². The summed E-state index contributed by atoms with van der Waals surface area (Å²) in [4.78, 5) is 7.01. The SMILES string of the molecule is CN=C(NC1CCN(Cc2ccccc2)CC1)NC1CC(C)(OC)C1(C)C. The van der Waals surface area contributed by atoms with Gasteiger partial charge in [0.15, 0.2) is 5.96 Å². The second-order valence-corrected chi connectivity index (χ2v) is 8.81. The quantitative estimate of drug-likeness (QED) is 0.616. The van der Waals surface area contributed by atoms with Crippen molar-refractivity contribution < 1.29 is 4.74 Å². The molecule has 2 unspecified atom stereocenters. The molecule has 0 bridgehead atoms. The zero-order chi connectivity index (χ0) is 19.5. The molecule has 2 atom stereocenters. The minimum absolute atomic E-state index is 0.0632. The van der Waals surface area contributed by atoms with E-state index >= 15 is 0 Å². The average Bonchev–Trinajstić information content (AvgIpc) is 2.68. The summed E-state index contributed by atoms with van der Waals surface area (Å²) in [5, 5.41) is 7.27. The van der Waals surface area contributed by atoms with E-state index in [9.17, 15) is 0 Å². The molecule has 0 aromatic heterocycles. The smallest absolute Gasteiger partial charge is 0.191 e. The number of hydrogen-bond acceptors (Lipinski definition) is 3. The lowest BCUT2D eigenvalue weighted by molar-refractivity contribution is -0.176. The van der Waals surface area contributed by atoms with Crippen molar-refractivity contribution in [1.82, 2.24) is 15.5 Å². The summed E-state index contributed by atoms with van der Waals surface area (Å²) in [6.45, 7) is 10.0. The molecular formula is C22H36N4O. The van der Waals surface area contributed by atoms with Gasteiger partial charge in [0, 0.05) is 51.3 Å². The van der Waals surface area contributed by atoms with E-state index in [0.29, 0.717) is 12.1 Å². The van der Waals surface area contributed by atoms with Gasteiger partial charge in [0.25, 0.3) is 0 Å². The molecule has 1 aliphatic heterocycles. The Balaban J connectivity index is 1.45. The second kappa shape index (κ2) is 8.19. The summed E-state index contributed by atoms with van der Waals surface area (Å²) >= 11 is 0. The molecule has 2 fully saturated rings. The summed E-state index contributed by atoms with van der Waals surface area (Å²) in [5.41, 5.74) is 1.42. The average molecular weight is 373 g/mol. The van der Waals surface area contributed by atoms with E-state index < -0.39 is 0 Å². The first-order valence-electron chi connectivity index (χ1n) is 10.2. The number of aliphatic imine (C=N–C) groups is 1. The fourth-order valence-electron chi connectivity index (χ4n) is 4.33. The van der Waals surface area contributed by atoms with Crippen LogP contribution < -0.4 is 10.6 Å². The van der Waals surface area contributed by atoms with E-state index in [1.54, 1.807) is 0 Å². The number of hydrogen-bond donors (Lipinski definition) is 2. The molecule has 1 saturated heterocycles. The first-order valence-corrected chi connectivity index (χ1v) is 10.2. The summed E-state index contributed by atoms with van der Waals surface area (Å²) in [6, 6.07) is 11.6. The molecule has 1 saturated carbocycles. The Morgan fingerprint density at radius 3 is 2.37 bits per heavy atom. The minimum Gasteiger partial charge on any atom is -0.378 e. The summed E-state index contributed by atoms with van der Waals surface area (Å²) in [5.74, 6) is 0.924. The maximum absolute atomic E-state index is 5.74. The van der Waals surface area contributed by atoms with E-state index in [-0.39, 0.29) is 11.0 Å². The Bertz CT molecular complexity index is 637. The Kier molecular flexibility index (Phi) is 6.11. The molecule has 5 nitrogen and oxygen atoms in total. The fraction of sp³-hybridized carbons (Fsp3) is 0.682. The number of likely N-dealkylation sites (tertiary alicyclic amines) is 1. The lowest BCUT2D eigenvalue weighted by Gasteiger charge is -2.59. The van der Waals surface area contributed by atoms with Gasteiger partial charge in [-0.2, -0.15) is 0 Å². The Labute approximate surface area is 164 Å². The first-order chi connectivity index (χ1) is 12.9. The van der Waals surface area contributed by atoms with Gasteiger partial charge in [0.05, 0.1) is 5.60 Å². The maximum Gasteiger partial charge on any atom is 0.191 e. The summed E-state index contributed by atoms with van der Waals surface area (Å²) in [6.07, 6.45) is 3.31. The Morgan fingerprint density at radius 1 is 1.15 bits per heavy atom. The largest absolute Gasteiger partial charge is 0.378 e. The van der Waals surface area contributed by atoms with Crippen LogP contribution in [0.25, 0.3) is 0 Å². The van der Waals surface area contributed by atoms with E-state index in [0.717, 1.165) is 44.9 Å². The van der Waals surface area contributed by atoms with Gasteiger partial charge in [0.2, 0.25) is 0 Å². The van der Waals surface area contributed by atoms with Crippen molar-refractivity contribution in [2.75, 3.05) is 27.2 Å². The molecule has 5 heteroatoms. The highest BCUT2D eigenvalue weighted by atomic mass is 16.5. The first kappa shape index (κ1) is 20.2. The molecule has 1 aliphatic carbocycles. The minimum atomic E-state index is -0.0632. The van der Waals surface area contributed by atoms with Crippen LogP contribution in [0.1, 0.15) is 45.6 Å². The predicted octanol–water partition coefficient (Wildman–Crippen LogP) is 3.02. The molecule has 27 heavy (non-hydrogen) atoms. The lowest BCUT2D eigenvalue weighted by atomic mass is 9.56. The number of piperidine rings is 1. The maximum atomic E-state index is 5.74. The normalized spacial score (nSPS) is 29.2. The molecule has 1 aromatic rings. The van der Waals surface area contributed by atoms with Crippen LogP contribution in [0.4, 0.5) is 0 Å². The van der Waals surface area contributed by atoms with Gasteiger partial charge in [0.1, 0.15) is 0 Å². The van der Waals surface area contributed by atoms with Crippen molar-refractivity contribution in [3.05, 3.63) is 35.9 Å². The zero-order valence-electron chi connectivity index (χ0n) is 17.6. The van der Waals surface area contributed by atoms with Crippen LogP contribution in [0, 0.1) is 5.41 Å². The van der Waals surface area contributed by atoms with Crippen LogP contribution in [0.15, 0.2) is 35.3 Å². The van der Waals surface area contributed by atoms with Crippen LogP contribution in [-0.2, 0) is 11.3 Å². The molecule has 1 heterocycles. The van der Waals surface area contributed by atoms with Gasteiger partial charge in [-0.15, -0.1) is 0 Å². The van der Waals surface area contributed by atoms with Crippen molar-refractivity contribution in [3.8, 4) is 0 Å². The number of benzene rings is 1. The van der Waals surface area contributed by atoms with Gasteiger partial charge in [-0.3, -0.25) is 9.89 Å². The van der Waals surface area contributed by atoms with Gasteiger partial charge >= 0.3 is 0 Å². The van der Waals surface area contributed by atoms with Crippen molar-refractivity contribution in [3.63, 3.8) is 0 Å². The molecule has 0 spiro atoms.